The van der Waals surface area contributed by atoms with E-state index in [0.29, 0.717) is 0 Å². The molecular formula is C31H20BrIO. The van der Waals surface area contributed by atoms with Crippen molar-refractivity contribution in [2.45, 2.75) is 5.60 Å². The number of hydrogen-bond acceptors (Lipinski definition) is 1. The highest BCUT2D eigenvalue weighted by atomic mass is 127. The summed E-state index contributed by atoms with van der Waals surface area (Å²) in [6, 6.07) is 42.5. The summed E-state index contributed by atoms with van der Waals surface area (Å²) in [5, 5.41) is 2.37. The normalized spacial score (nSPS) is 14.5. The number of rotatable bonds is 3. The third-order valence-corrected chi connectivity index (χ3v) is 8.20. The maximum absolute atomic E-state index is 7.12. The summed E-state index contributed by atoms with van der Waals surface area (Å²) in [4.78, 5) is 0. The largest absolute Gasteiger partial charge is 0.472 e. The summed E-state index contributed by atoms with van der Waals surface area (Å²) in [6.45, 7) is 0. The van der Waals surface area contributed by atoms with Crippen molar-refractivity contribution in [3.05, 3.63) is 152 Å². The summed E-state index contributed by atoms with van der Waals surface area (Å²) in [6.07, 6.45) is 0. The van der Waals surface area contributed by atoms with Gasteiger partial charge < -0.3 is 4.74 Å². The van der Waals surface area contributed by atoms with E-state index in [1.807, 2.05) is 0 Å². The Kier molecular flexibility index (Phi) is 5.54. The van der Waals surface area contributed by atoms with Crippen molar-refractivity contribution in [2.24, 2.45) is 0 Å². The van der Waals surface area contributed by atoms with Crippen LogP contribution in [0, 0.1) is 0 Å². The van der Waals surface area contributed by atoms with Crippen LogP contribution in [0.1, 0.15) is 22.3 Å². The Balaban J connectivity index is 1.77. The van der Waals surface area contributed by atoms with Crippen molar-refractivity contribution < 1.29 is 4.74 Å². The van der Waals surface area contributed by atoms with Gasteiger partial charge in [0, 0.05) is 26.7 Å². The fraction of sp³-hybridized carbons (Fsp3) is 0.0323. The van der Waals surface area contributed by atoms with Gasteiger partial charge in [0.2, 0.25) is 0 Å². The van der Waals surface area contributed by atoms with Gasteiger partial charge in [0.25, 0.3) is 0 Å². The zero-order chi connectivity index (χ0) is 23.1. The number of hydrogen-bond donors (Lipinski definition) is 0. The van der Waals surface area contributed by atoms with E-state index in [4.69, 9.17) is 4.74 Å². The zero-order valence-electron chi connectivity index (χ0n) is 18.2. The average molecular weight is 615 g/mol. The number of fused-ring (bicyclic) bond motifs is 3. The molecule has 0 unspecified atom stereocenters. The minimum absolute atomic E-state index is 0.746. The molecule has 1 aliphatic rings. The van der Waals surface area contributed by atoms with Crippen LogP contribution in [-0.2, 0) is 5.60 Å². The molecule has 0 saturated carbocycles. The van der Waals surface area contributed by atoms with Crippen LogP contribution >= 0.6 is 38.5 Å². The van der Waals surface area contributed by atoms with Gasteiger partial charge >= 0.3 is 0 Å². The summed E-state index contributed by atoms with van der Waals surface area (Å²) >= 11 is 6.16. The highest BCUT2D eigenvalue weighted by Gasteiger charge is 2.45. The van der Waals surface area contributed by atoms with Gasteiger partial charge in [-0.15, -0.1) is 0 Å². The molecule has 0 atom stereocenters. The standard InChI is InChI=1S/C31H20BrIO/c32-25-17-18-26-22(20-25)16-19-27-29(26)28(21-10-4-1-5-11-21)30(33)31(34-27,23-12-6-2-7-13-23)24-14-8-3-9-15-24/h1-20H. The molecule has 5 aromatic rings. The van der Waals surface area contributed by atoms with Gasteiger partial charge in [-0.25, -0.2) is 0 Å². The molecule has 3 heteroatoms. The maximum atomic E-state index is 7.12. The van der Waals surface area contributed by atoms with Crippen molar-refractivity contribution in [1.29, 1.82) is 0 Å². The predicted molar refractivity (Wildman–Crippen MR) is 152 cm³/mol. The molecule has 0 aliphatic carbocycles. The van der Waals surface area contributed by atoms with Gasteiger partial charge in [-0.3, -0.25) is 0 Å². The lowest BCUT2D eigenvalue weighted by molar-refractivity contribution is 0.158. The van der Waals surface area contributed by atoms with Gasteiger partial charge in [-0.05, 0) is 57.1 Å². The van der Waals surface area contributed by atoms with E-state index < -0.39 is 5.60 Å². The minimum atomic E-state index is -0.746. The van der Waals surface area contributed by atoms with Crippen molar-refractivity contribution in [2.75, 3.05) is 0 Å². The summed E-state index contributed by atoms with van der Waals surface area (Å²) in [7, 11) is 0. The minimum Gasteiger partial charge on any atom is -0.472 e. The molecule has 0 N–H and O–H groups in total. The Labute approximate surface area is 221 Å². The van der Waals surface area contributed by atoms with Crippen LogP contribution in [0.2, 0.25) is 0 Å². The Hall–Kier alpha value is -2.89. The SMILES string of the molecule is Brc1ccc2c3c(ccc2c1)OC(c1ccccc1)(c1ccccc1)C(I)=C3c1ccccc1. The fourth-order valence-electron chi connectivity index (χ4n) is 4.88. The Bertz CT molecular complexity index is 1490. The Morgan fingerprint density at radius 3 is 1.85 bits per heavy atom. The lowest BCUT2D eigenvalue weighted by Gasteiger charge is -2.41. The van der Waals surface area contributed by atoms with E-state index in [0.717, 1.165) is 30.5 Å². The van der Waals surface area contributed by atoms with E-state index in [1.54, 1.807) is 0 Å². The first-order valence-corrected chi connectivity index (χ1v) is 13.0. The second-order valence-corrected chi connectivity index (χ2v) is 10.4. The topological polar surface area (TPSA) is 9.23 Å². The van der Waals surface area contributed by atoms with E-state index >= 15 is 0 Å². The van der Waals surface area contributed by atoms with Crippen LogP contribution in [0.15, 0.2) is 129 Å². The molecule has 34 heavy (non-hydrogen) atoms. The number of halogens is 2. The van der Waals surface area contributed by atoms with Crippen molar-refractivity contribution >= 4 is 54.9 Å². The molecule has 1 nitrogen and oxygen atoms in total. The predicted octanol–water partition coefficient (Wildman–Crippen LogP) is 9.13. The second kappa shape index (κ2) is 8.71. The first-order valence-electron chi connectivity index (χ1n) is 11.2. The van der Waals surface area contributed by atoms with Crippen LogP contribution < -0.4 is 4.74 Å². The molecular weight excluding hydrogens is 595 g/mol. The van der Waals surface area contributed by atoms with Crippen molar-refractivity contribution in [1.82, 2.24) is 0 Å². The molecule has 0 spiro atoms. The highest BCUT2D eigenvalue weighted by Crippen LogP contribution is 2.55. The van der Waals surface area contributed by atoms with Crippen LogP contribution in [0.3, 0.4) is 0 Å². The maximum Gasteiger partial charge on any atom is 0.190 e. The van der Waals surface area contributed by atoms with Gasteiger partial charge in [-0.2, -0.15) is 0 Å². The Morgan fingerprint density at radius 1 is 0.647 bits per heavy atom. The quantitative estimate of drug-likeness (QED) is 0.184. The monoisotopic (exact) mass is 614 g/mol. The van der Waals surface area contributed by atoms with Crippen LogP contribution in [0.5, 0.6) is 5.75 Å². The van der Waals surface area contributed by atoms with E-state index in [9.17, 15) is 0 Å². The summed E-state index contributed by atoms with van der Waals surface area (Å²) in [5.41, 5.74) is 5.01. The van der Waals surface area contributed by atoms with Crippen LogP contribution in [0.25, 0.3) is 16.3 Å². The molecule has 0 aromatic heterocycles. The Morgan fingerprint density at radius 2 is 1.24 bits per heavy atom. The molecule has 0 radical (unpaired) electrons. The van der Waals surface area contributed by atoms with Crippen LogP contribution in [0.4, 0.5) is 0 Å². The van der Waals surface area contributed by atoms with Gasteiger partial charge in [-0.1, -0.05) is 119 Å². The molecule has 1 aliphatic heterocycles. The second-order valence-electron chi connectivity index (χ2n) is 8.37. The smallest absolute Gasteiger partial charge is 0.190 e. The molecule has 1 heterocycles. The van der Waals surface area contributed by atoms with Crippen molar-refractivity contribution in [3.63, 3.8) is 0 Å². The highest BCUT2D eigenvalue weighted by molar-refractivity contribution is 14.1. The van der Waals surface area contributed by atoms with Gasteiger partial charge in [0.15, 0.2) is 5.60 Å². The van der Waals surface area contributed by atoms with Gasteiger partial charge in [0.1, 0.15) is 5.75 Å². The van der Waals surface area contributed by atoms with E-state index in [1.165, 1.54) is 21.9 Å². The third kappa shape index (κ3) is 3.41. The molecule has 0 bridgehead atoms. The van der Waals surface area contributed by atoms with E-state index in [-0.39, 0.29) is 0 Å². The lowest BCUT2D eigenvalue weighted by atomic mass is 9.79. The van der Waals surface area contributed by atoms with Crippen molar-refractivity contribution in [3.8, 4) is 5.75 Å². The first-order chi connectivity index (χ1) is 16.7. The zero-order valence-corrected chi connectivity index (χ0v) is 22.0. The summed E-state index contributed by atoms with van der Waals surface area (Å²) < 4.78 is 9.34. The van der Waals surface area contributed by atoms with E-state index in [2.05, 4.69) is 160 Å². The van der Waals surface area contributed by atoms with Gasteiger partial charge in [0.05, 0.1) is 3.58 Å². The molecule has 164 valence electrons. The first kappa shape index (κ1) is 21.6. The third-order valence-electron chi connectivity index (χ3n) is 6.41. The number of ether oxygens (including phenoxy) is 1. The summed E-state index contributed by atoms with van der Waals surface area (Å²) in [5.74, 6) is 0.891. The molecule has 0 fully saturated rings. The molecule has 0 amide bonds. The molecule has 0 saturated heterocycles. The molecule has 6 rings (SSSR count). The number of benzene rings is 5. The lowest BCUT2D eigenvalue weighted by Crippen LogP contribution is -2.38. The molecule has 5 aromatic carbocycles. The average Bonchev–Trinajstić information content (AvgIpc) is 2.89. The van der Waals surface area contributed by atoms with Crippen LogP contribution in [-0.4, -0.2) is 0 Å². The fourth-order valence-corrected chi connectivity index (χ4v) is 6.57.